The SMILES string of the molecule is CC(=O)O.COc1cc(-c2nn(C3CCC(O)(CN(C)C)CC3)c3ncnc(N)c23)ccc1NC(=O)[C@@H]1C[C@H]1c1ccccc1. The number of hydrogen-bond donors (Lipinski definition) is 4. The fourth-order valence-corrected chi connectivity index (χ4v) is 6.30. The lowest BCUT2D eigenvalue weighted by atomic mass is 9.82. The Balaban J connectivity index is 0.000000945. The topological polar surface area (TPSA) is 169 Å². The van der Waals surface area contributed by atoms with Crippen LogP contribution in [0, 0.1) is 5.92 Å². The van der Waals surface area contributed by atoms with E-state index in [-0.39, 0.29) is 23.8 Å². The molecule has 0 radical (unpaired) electrons. The number of methoxy groups -OCH3 is 1. The zero-order valence-corrected chi connectivity index (χ0v) is 26.1. The van der Waals surface area contributed by atoms with Crippen molar-refractivity contribution in [2.45, 2.75) is 56.6 Å². The first kappa shape index (κ1) is 31.9. The number of fused-ring (bicyclic) bond motifs is 1. The summed E-state index contributed by atoms with van der Waals surface area (Å²) in [7, 11) is 5.55. The van der Waals surface area contributed by atoms with Gasteiger partial charge in [-0.2, -0.15) is 5.10 Å². The monoisotopic (exact) mass is 615 g/mol. The van der Waals surface area contributed by atoms with E-state index in [0.717, 1.165) is 31.7 Å². The quantitative estimate of drug-likeness (QED) is 0.224. The number of rotatable bonds is 8. The summed E-state index contributed by atoms with van der Waals surface area (Å²) in [6, 6.07) is 15.9. The van der Waals surface area contributed by atoms with Gasteiger partial charge < -0.3 is 30.9 Å². The van der Waals surface area contributed by atoms with Crippen molar-refractivity contribution in [2.75, 3.05) is 38.8 Å². The van der Waals surface area contributed by atoms with Gasteiger partial charge in [-0.15, -0.1) is 0 Å². The van der Waals surface area contributed by atoms with Crippen molar-refractivity contribution in [2.24, 2.45) is 5.92 Å². The maximum absolute atomic E-state index is 13.0. The van der Waals surface area contributed by atoms with Crippen molar-refractivity contribution in [1.82, 2.24) is 24.6 Å². The minimum atomic E-state index is -0.833. The summed E-state index contributed by atoms with van der Waals surface area (Å²) in [5.41, 5.74) is 9.59. The number of aliphatic hydroxyl groups is 1. The molecule has 12 heteroatoms. The van der Waals surface area contributed by atoms with Crippen LogP contribution in [0.2, 0.25) is 0 Å². The second-order valence-corrected chi connectivity index (χ2v) is 12.2. The molecule has 2 aromatic carbocycles. The smallest absolute Gasteiger partial charge is 0.300 e. The van der Waals surface area contributed by atoms with Gasteiger partial charge in [-0.3, -0.25) is 9.59 Å². The number of likely N-dealkylation sites (N-methyl/N-ethyl adjacent to an activating group) is 1. The van der Waals surface area contributed by atoms with Crippen molar-refractivity contribution in [1.29, 1.82) is 0 Å². The highest BCUT2D eigenvalue weighted by molar-refractivity contribution is 6.00. The van der Waals surface area contributed by atoms with Gasteiger partial charge in [0.1, 0.15) is 23.6 Å². The van der Waals surface area contributed by atoms with Crippen LogP contribution in [-0.4, -0.2) is 80.1 Å². The van der Waals surface area contributed by atoms with E-state index in [9.17, 15) is 9.90 Å². The van der Waals surface area contributed by atoms with E-state index in [1.165, 1.54) is 11.9 Å². The molecule has 0 saturated heterocycles. The van der Waals surface area contributed by atoms with E-state index in [1.54, 1.807) is 7.11 Å². The lowest BCUT2D eigenvalue weighted by Gasteiger charge is -2.37. The van der Waals surface area contributed by atoms with Crippen LogP contribution in [0.15, 0.2) is 54.9 Å². The first-order valence-electron chi connectivity index (χ1n) is 15.1. The average molecular weight is 616 g/mol. The molecule has 45 heavy (non-hydrogen) atoms. The molecule has 2 heterocycles. The van der Waals surface area contributed by atoms with Gasteiger partial charge in [-0.05, 0) is 69.8 Å². The molecule has 4 aromatic rings. The number of carbonyl (C=O) groups excluding carboxylic acids is 1. The number of nitrogen functional groups attached to an aromatic ring is 1. The molecule has 2 aliphatic carbocycles. The van der Waals surface area contributed by atoms with Crippen molar-refractivity contribution in [3.05, 3.63) is 60.4 Å². The number of nitrogens with one attached hydrogen (secondary N) is 1. The van der Waals surface area contributed by atoms with Crippen LogP contribution < -0.4 is 15.8 Å². The molecule has 2 fully saturated rings. The highest BCUT2D eigenvalue weighted by atomic mass is 16.5. The number of benzene rings is 2. The number of hydrogen-bond acceptors (Lipinski definition) is 9. The van der Waals surface area contributed by atoms with E-state index in [4.69, 9.17) is 25.5 Å². The summed E-state index contributed by atoms with van der Waals surface area (Å²) in [6.45, 7) is 1.72. The first-order chi connectivity index (χ1) is 21.5. The summed E-state index contributed by atoms with van der Waals surface area (Å²) >= 11 is 0. The molecule has 2 aliphatic rings. The number of ether oxygens (including phenoxy) is 1. The van der Waals surface area contributed by atoms with E-state index >= 15 is 0 Å². The zero-order chi connectivity index (χ0) is 32.3. The second kappa shape index (κ2) is 13.2. The van der Waals surface area contributed by atoms with Gasteiger partial charge in [-0.25, -0.2) is 14.6 Å². The molecule has 2 atom stereocenters. The Morgan fingerprint density at radius 1 is 1.13 bits per heavy atom. The number of carboxylic acids is 1. The van der Waals surface area contributed by atoms with Crippen LogP contribution >= 0.6 is 0 Å². The Hall–Kier alpha value is -4.55. The van der Waals surface area contributed by atoms with Gasteiger partial charge in [0.05, 0.1) is 29.8 Å². The highest BCUT2D eigenvalue weighted by Crippen LogP contribution is 2.48. The molecule has 0 aliphatic heterocycles. The molecule has 0 unspecified atom stereocenters. The van der Waals surface area contributed by atoms with Crippen LogP contribution in [0.3, 0.4) is 0 Å². The van der Waals surface area contributed by atoms with Gasteiger partial charge in [0.25, 0.3) is 5.97 Å². The van der Waals surface area contributed by atoms with Crippen LogP contribution in [0.5, 0.6) is 5.75 Å². The summed E-state index contributed by atoms with van der Waals surface area (Å²) < 4.78 is 7.64. The fourth-order valence-electron chi connectivity index (χ4n) is 6.30. The predicted molar refractivity (Wildman–Crippen MR) is 172 cm³/mol. The van der Waals surface area contributed by atoms with Gasteiger partial charge in [0.15, 0.2) is 5.65 Å². The minimum Gasteiger partial charge on any atom is -0.495 e. The summed E-state index contributed by atoms with van der Waals surface area (Å²) in [6.07, 6.45) is 5.23. The van der Waals surface area contributed by atoms with Gasteiger partial charge in [0, 0.05) is 24.9 Å². The molecule has 0 bridgehead atoms. The highest BCUT2D eigenvalue weighted by Gasteiger charge is 2.44. The molecule has 2 saturated carbocycles. The largest absolute Gasteiger partial charge is 0.495 e. The molecule has 2 aromatic heterocycles. The average Bonchev–Trinajstić information content (AvgIpc) is 3.71. The maximum atomic E-state index is 13.0. The standard InChI is InChI=1S/C31H37N7O3.C2H4O2/c1-37(2)17-31(40)13-11-21(12-14-31)38-29-26(28(32)33-18-34-29)27(36-38)20-9-10-24(25(15-20)41-3)35-30(39)23-16-22(23)19-7-5-4-6-8-19;1-2(3)4/h4-10,15,18,21-23,40H,11-14,16-17H2,1-3H3,(H,35,39)(H2,32,33,34);1H3,(H,3,4)/t21?,22-,23+,31?;/m0./s1. The second-order valence-electron chi connectivity index (χ2n) is 12.2. The molecule has 12 nitrogen and oxygen atoms in total. The van der Waals surface area contributed by atoms with Gasteiger partial charge >= 0.3 is 0 Å². The minimum absolute atomic E-state index is 0.0104. The number of carbonyl (C=O) groups is 2. The zero-order valence-electron chi connectivity index (χ0n) is 26.1. The summed E-state index contributed by atoms with van der Waals surface area (Å²) in [4.78, 5) is 32.9. The van der Waals surface area contributed by atoms with E-state index < -0.39 is 11.6 Å². The maximum Gasteiger partial charge on any atom is 0.300 e. The number of nitrogens with zero attached hydrogens (tertiary/aromatic N) is 5. The van der Waals surface area contributed by atoms with Crippen LogP contribution in [0.4, 0.5) is 11.5 Å². The number of anilines is 2. The van der Waals surface area contributed by atoms with Crippen LogP contribution in [0.1, 0.15) is 56.6 Å². The molecule has 6 rings (SSSR count). The van der Waals surface area contributed by atoms with Crippen molar-refractivity contribution >= 4 is 34.4 Å². The molecule has 0 spiro atoms. The van der Waals surface area contributed by atoms with Gasteiger partial charge in [-0.1, -0.05) is 36.4 Å². The third-order valence-corrected chi connectivity index (χ3v) is 8.45. The number of aromatic nitrogens is 4. The molecule has 238 valence electrons. The van der Waals surface area contributed by atoms with Crippen LogP contribution in [-0.2, 0) is 9.59 Å². The normalized spacial score (nSPS) is 22.4. The molecular weight excluding hydrogens is 574 g/mol. The fraction of sp³-hybridized carbons (Fsp3) is 0.424. The number of carboxylic acid groups (broad SMARTS) is 1. The van der Waals surface area contributed by atoms with Gasteiger partial charge in [0.2, 0.25) is 5.91 Å². The number of nitrogens with two attached hydrogens (primary N) is 1. The molecule has 1 amide bonds. The van der Waals surface area contributed by atoms with Crippen molar-refractivity contribution < 1.29 is 24.5 Å². The molecular formula is C33H41N7O5. The number of aliphatic carboxylic acids is 1. The first-order valence-corrected chi connectivity index (χ1v) is 15.1. The van der Waals surface area contributed by atoms with Crippen molar-refractivity contribution in [3.63, 3.8) is 0 Å². The lowest BCUT2D eigenvalue weighted by molar-refractivity contribution is -0.134. The lowest BCUT2D eigenvalue weighted by Crippen LogP contribution is -2.43. The summed E-state index contributed by atoms with van der Waals surface area (Å²) in [5, 5.41) is 27.2. The van der Waals surface area contributed by atoms with Crippen LogP contribution in [0.25, 0.3) is 22.3 Å². The predicted octanol–water partition coefficient (Wildman–Crippen LogP) is 4.33. The third-order valence-electron chi connectivity index (χ3n) is 8.45. The van der Waals surface area contributed by atoms with Crippen molar-refractivity contribution in [3.8, 4) is 17.0 Å². The Labute approximate surface area is 262 Å². The van der Waals surface area contributed by atoms with E-state index in [1.807, 2.05) is 60.1 Å². The Bertz CT molecular complexity index is 1660. The molecule has 5 N–H and O–H groups in total. The van der Waals surface area contributed by atoms with E-state index in [2.05, 4.69) is 27.4 Å². The summed E-state index contributed by atoms with van der Waals surface area (Å²) in [5.74, 6) is 0.247. The van der Waals surface area contributed by atoms with E-state index in [0.29, 0.717) is 53.4 Å². The Morgan fingerprint density at radius 2 is 1.82 bits per heavy atom. The Kier molecular flexibility index (Phi) is 9.35. The Morgan fingerprint density at radius 3 is 2.47 bits per heavy atom. The number of amides is 1. The third kappa shape index (κ3) is 7.23.